The minimum absolute atomic E-state index is 0.0167. The predicted octanol–water partition coefficient (Wildman–Crippen LogP) is 2.07. The molecule has 8 heteroatoms. The number of hydrogen-bond acceptors (Lipinski definition) is 5. The number of carbonyl (C=O) groups is 1. The first-order valence-corrected chi connectivity index (χ1v) is 9.54. The third-order valence-electron chi connectivity index (χ3n) is 5.72. The SMILES string of the molecule is C=CC(=O)N1CC2CC(Oc3nc(-c4cnn(C)c4)cn4nccc34)CC1C2. The van der Waals surface area contributed by atoms with Gasteiger partial charge in [0.1, 0.15) is 11.6 Å². The molecule has 2 bridgehead atoms. The van der Waals surface area contributed by atoms with Crippen molar-refractivity contribution in [2.45, 2.75) is 31.4 Å². The molecule has 0 N–H and O–H groups in total. The lowest BCUT2D eigenvalue weighted by atomic mass is 9.88. The fourth-order valence-electron chi connectivity index (χ4n) is 4.50. The Morgan fingerprint density at radius 2 is 2.18 bits per heavy atom. The van der Waals surface area contributed by atoms with E-state index in [1.54, 1.807) is 21.6 Å². The van der Waals surface area contributed by atoms with Crippen LogP contribution in [0.4, 0.5) is 0 Å². The highest BCUT2D eigenvalue weighted by Crippen LogP contribution is 2.38. The largest absolute Gasteiger partial charge is 0.473 e. The Hall–Kier alpha value is -3.16. The van der Waals surface area contributed by atoms with Gasteiger partial charge in [-0.15, -0.1) is 0 Å². The zero-order valence-corrected chi connectivity index (χ0v) is 15.7. The van der Waals surface area contributed by atoms with Crippen molar-refractivity contribution in [3.63, 3.8) is 0 Å². The van der Waals surface area contributed by atoms with E-state index in [2.05, 4.69) is 16.8 Å². The van der Waals surface area contributed by atoms with Crippen molar-refractivity contribution in [1.29, 1.82) is 0 Å². The first-order valence-electron chi connectivity index (χ1n) is 9.54. The van der Waals surface area contributed by atoms with Crippen molar-refractivity contribution < 1.29 is 9.53 Å². The highest BCUT2D eigenvalue weighted by atomic mass is 16.5. The Kier molecular flexibility index (Phi) is 3.92. The van der Waals surface area contributed by atoms with Crippen LogP contribution in [0.3, 0.4) is 0 Å². The van der Waals surface area contributed by atoms with Crippen LogP contribution in [0.25, 0.3) is 16.8 Å². The smallest absolute Gasteiger partial charge is 0.246 e. The number of carbonyl (C=O) groups excluding carboxylic acids is 1. The molecule has 0 radical (unpaired) electrons. The maximum Gasteiger partial charge on any atom is 0.246 e. The van der Waals surface area contributed by atoms with Crippen molar-refractivity contribution in [2.24, 2.45) is 13.0 Å². The summed E-state index contributed by atoms with van der Waals surface area (Å²) in [6, 6.07) is 2.12. The standard InChI is InChI=1S/C20H22N6O2/c1-3-19(27)25-10-13-6-15(25)8-16(7-13)28-20-18-4-5-21-26(18)12-17(23-20)14-9-22-24(2)11-14/h3-5,9,11-13,15-16H,1,6-8,10H2,2H3. The quantitative estimate of drug-likeness (QED) is 0.650. The van der Waals surface area contributed by atoms with E-state index in [4.69, 9.17) is 9.72 Å². The molecule has 144 valence electrons. The summed E-state index contributed by atoms with van der Waals surface area (Å²) < 4.78 is 9.91. The van der Waals surface area contributed by atoms with Gasteiger partial charge in [-0.1, -0.05) is 6.58 Å². The van der Waals surface area contributed by atoms with Crippen LogP contribution in [-0.4, -0.2) is 53.9 Å². The van der Waals surface area contributed by atoms with Gasteiger partial charge < -0.3 is 9.64 Å². The third kappa shape index (κ3) is 2.85. The van der Waals surface area contributed by atoms with Gasteiger partial charge in [-0.05, 0) is 30.9 Å². The highest BCUT2D eigenvalue weighted by molar-refractivity contribution is 5.87. The fourth-order valence-corrected chi connectivity index (χ4v) is 4.50. The molecule has 3 aromatic heterocycles. The zero-order chi connectivity index (χ0) is 19.3. The van der Waals surface area contributed by atoms with Gasteiger partial charge in [0, 0.05) is 37.8 Å². The van der Waals surface area contributed by atoms with E-state index in [1.165, 1.54) is 6.08 Å². The van der Waals surface area contributed by atoms with Gasteiger partial charge in [0.2, 0.25) is 11.8 Å². The summed E-state index contributed by atoms with van der Waals surface area (Å²) in [6.45, 7) is 4.42. The molecule has 2 fully saturated rings. The lowest BCUT2D eigenvalue weighted by molar-refractivity contribution is -0.127. The second kappa shape index (κ2) is 6.47. The lowest BCUT2D eigenvalue weighted by Crippen LogP contribution is -2.37. The molecule has 1 aliphatic heterocycles. The normalized spacial score (nSPS) is 23.9. The maximum absolute atomic E-state index is 12.1. The summed E-state index contributed by atoms with van der Waals surface area (Å²) >= 11 is 0. The molecule has 8 nitrogen and oxygen atoms in total. The van der Waals surface area contributed by atoms with Gasteiger partial charge in [-0.2, -0.15) is 10.2 Å². The van der Waals surface area contributed by atoms with E-state index >= 15 is 0 Å². The molecule has 28 heavy (non-hydrogen) atoms. The van der Waals surface area contributed by atoms with Crippen LogP contribution in [0.2, 0.25) is 0 Å². The average molecular weight is 378 g/mol. The fraction of sp³-hybridized carbons (Fsp3) is 0.400. The summed E-state index contributed by atoms with van der Waals surface area (Å²) in [5.41, 5.74) is 2.52. The minimum atomic E-state index is 0.0167. The van der Waals surface area contributed by atoms with E-state index in [0.29, 0.717) is 11.8 Å². The number of fused-ring (bicyclic) bond motifs is 3. The topological polar surface area (TPSA) is 77.6 Å². The van der Waals surface area contributed by atoms with E-state index in [1.807, 2.05) is 30.4 Å². The van der Waals surface area contributed by atoms with E-state index in [-0.39, 0.29) is 18.1 Å². The van der Waals surface area contributed by atoms with Crippen molar-refractivity contribution >= 4 is 11.4 Å². The minimum Gasteiger partial charge on any atom is -0.473 e. The predicted molar refractivity (Wildman–Crippen MR) is 103 cm³/mol. The number of likely N-dealkylation sites (tertiary alicyclic amines) is 1. The maximum atomic E-state index is 12.1. The van der Waals surface area contributed by atoms with Crippen molar-refractivity contribution in [3.8, 4) is 17.1 Å². The summed E-state index contributed by atoms with van der Waals surface area (Å²) in [4.78, 5) is 18.8. The summed E-state index contributed by atoms with van der Waals surface area (Å²) in [5, 5.41) is 8.59. The Morgan fingerprint density at radius 1 is 1.29 bits per heavy atom. The van der Waals surface area contributed by atoms with Gasteiger partial charge in [-0.3, -0.25) is 9.48 Å². The molecule has 1 saturated carbocycles. The van der Waals surface area contributed by atoms with E-state index < -0.39 is 0 Å². The molecule has 1 amide bonds. The number of hydrogen-bond donors (Lipinski definition) is 0. The Morgan fingerprint density at radius 3 is 2.96 bits per heavy atom. The molecule has 0 spiro atoms. The van der Waals surface area contributed by atoms with Crippen LogP contribution in [0.5, 0.6) is 5.88 Å². The van der Waals surface area contributed by atoms with Crippen molar-refractivity contribution in [2.75, 3.05) is 6.54 Å². The lowest BCUT2D eigenvalue weighted by Gasteiger charge is -2.29. The molecule has 3 unspecified atom stereocenters. The number of nitrogens with zero attached hydrogens (tertiary/aromatic N) is 6. The molecule has 3 atom stereocenters. The van der Waals surface area contributed by atoms with Crippen LogP contribution in [0.1, 0.15) is 19.3 Å². The molecule has 2 aliphatic rings. The molecule has 1 saturated heterocycles. The van der Waals surface area contributed by atoms with Gasteiger partial charge >= 0.3 is 0 Å². The van der Waals surface area contributed by atoms with Crippen LogP contribution in [0, 0.1) is 5.92 Å². The molecule has 1 aliphatic carbocycles. The second-order valence-corrected chi connectivity index (χ2v) is 7.66. The van der Waals surface area contributed by atoms with E-state index in [0.717, 1.165) is 42.6 Å². The van der Waals surface area contributed by atoms with Gasteiger partial charge in [0.15, 0.2) is 0 Å². The summed E-state index contributed by atoms with van der Waals surface area (Å²) in [7, 11) is 1.88. The van der Waals surface area contributed by atoms with Crippen molar-refractivity contribution in [3.05, 3.63) is 43.5 Å². The summed E-state index contributed by atoms with van der Waals surface area (Å²) in [5.74, 6) is 1.06. The van der Waals surface area contributed by atoms with Crippen molar-refractivity contribution in [1.82, 2.24) is 29.3 Å². The molecular formula is C20H22N6O2. The number of rotatable bonds is 4. The number of aromatic nitrogens is 5. The average Bonchev–Trinajstić information content (AvgIpc) is 3.40. The number of amides is 1. The molecule has 0 aromatic carbocycles. The van der Waals surface area contributed by atoms with Crippen LogP contribution < -0.4 is 4.74 Å². The van der Waals surface area contributed by atoms with Gasteiger partial charge in [-0.25, -0.2) is 9.50 Å². The Labute approximate surface area is 162 Å². The molecular weight excluding hydrogens is 356 g/mol. The second-order valence-electron chi connectivity index (χ2n) is 7.66. The first kappa shape index (κ1) is 17.0. The number of ether oxygens (including phenoxy) is 1. The van der Waals surface area contributed by atoms with Gasteiger partial charge in [0.25, 0.3) is 0 Å². The monoisotopic (exact) mass is 378 g/mol. The highest BCUT2D eigenvalue weighted by Gasteiger charge is 2.42. The van der Waals surface area contributed by atoms with Gasteiger partial charge in [0.05, 0.1) is 24.3 Å². The molecule has 5 rings (SSSR count). The Balaban J connectivity index is 1.43. The Bertz CT molecular complexity index is 1050. The number of aryl methyl sites for hydroxylation is 1. The van der Waals surface area contributed by atoms with Crippen LogP contribution in [0.15, 0.2) is 43.5 Å². The van der Waals surface area contributed by atoms with Crippen LogP contribution in [-0.2, 0) is 11.8 Å². The first-order chi connectivity index (χ1) is 13.6. The summed E-state index contributed by atoms with van der Waals surface area (Å²) in [6.07, 6.45) is 11.5. The van der Waals surface area contributed by atoms with Crippen LogP contribution >= 0.6 is 0 Å². The van der Waals surface area contributed by atoms with E-state index in [9.17, 15) is 4.79 Å². The third-order valence-corrected chi connectivity index (χ3v) is 5.72. The molecule has 3 aromatic rings. The zero-order valence-electron chi connectivity index (χ0n) is 15.7. The molecule has 4 heterocycles.